The fraction of sp³-hybridized carbons (Fsp3) is 0. The molecule has 9 aromatic rings. The third-order valence-electron chi connectivity index (χ3n) is 8.22. The van der Waals surface area contributed by atoms with E-state index in [0.717, 1.165) is 33.6 Å². The van der Waals surface area contributed by atoms with Crippen LogP contribution in [0.5, 0.6) is 0 Å². The van der Waals surface area contributed by atoms with E-state index < -0.39 is 60.4 Å². The molecule has 0 saturated carbocycles. The first-order valence-corrected chi connectivity index (χ1v) is 16.3. The molecule has 0 spiro atoms. The van der Waals surface area contributed by atoms with Gasteiger partial charge in [0, 0.05) is 36.9 Å². The summed E-state index contributed by atoms with van der Waals surface area (Å²) in [5.74, 6) is 0.541. The van der Waals surface area contributed by atoms with Crippen LogP contribution in [-0.2, 0) is 0 Å². The Morgan fingerprint density at radius 1 is 0.347 bits per heavy atom. The third kappa shape index (κ3) is 5.48. The van der Waals surface area contributed by atoms with E-state index in [1.807, 2.05) is 72.8 Å². The quantitative estimate of drug-likeness (QED) is 0.179. The molecular formula is C45H29N3S. The molecule has 2 aromatic heterocycles. The van der Waals surface area contributed by atoms with E-state index in [-0.39, 0.29) is 60.4 Å². The zero-order valence-electron chi connectivity index (χ0n) is 36.6. The van der Waals surface area contributed by atoms with E-state index in [4.69, 9.17) is 28.7 Å². The molecule has 4 heteroatoms. The van der Waals surface area contributed by atoms with Gasteiger partial charge in [-0.15, -0.1) is 11.3 Å². The Kier molecular flexibility index (Phi) is 4.96. The molecule has 49 heavy (non-hydrogen) atoms. The Balaban J connectivity index is 1.26. The normalized spacial score (nSPS) is 14.4. The summed E-state index contributed by atoms with van der Waals surface area (Å²) in [5, 5.41) is 0.0199. The molecule has 0 aliphatic rings. The Morgan fingerprint density at radius 2 is 0.776 bits per heavy atom. The minimum absolute atomic E-state index is 0.00238. The lowest BCUT2D eigenvalue weighted by atomic mass is 9.99. The van der Waals surface area contributed by atoms with Crippen LogP contribution in [0.1, 0.15) is 15.1 Å². The van der Waals surface area contributed by atoms with Crippen LogP contribution < -0.4 is 0 Å². The van der Waals surface area contributed by atoms with Gasteiger partial charge in [0.25, 0.3) is 0 Å². The highest BCUT2D eigenvalue weighted by molar-refractivity contribution is 7.26. The van der Waals surface area contributed by atoms with Crippen LogP contribution in [0.2, 0.25) is 0 Å². The molecule has 2 heterocycles. The van der Waals surface area contributed by atoms with E-state index in [2.05, 4.69) is 36.4 Å². The number of hydrogen-bond donors (Lipinski definition) is 0. The fourth-order valence-electron chi connectivity index (χ4n) is 5.79. The first-order chi connectivity index (χ1) is 28.8. The van der Waals surface area contributed by atoms with Gasteiger partial charge in [-0.2, -0.15) is 0 Å². The number of rotatable bonds is 6. The second-order valence-corrected chi connectivity index (χ2v) is 12.2. The first kappa shape index (κ1) is 19.6. The Bertz CT molecular complexity index is 3170. The van der Waals surface area contributed by atoms with Crippen LogP contribution in [0, 0.1) is 0 Å². The number of aromatic nitrogens is 3. The van der Waals surface area contributed by atoms with Gasteiger partial charge in [0.15, 0.2) is 17.5 Å². The minimum Gasteiger partial charge on any atom is -0.208 e. The molecule has 3 nitrogen and oxygen atoms in total. The van der Waals surface area contributed by atoms with Crippen molar-refractivity contribution in [2.75, 3.05) is 0 Å². The van der Waals surface area contributed by atoms with Crippen LogP contribution >= 0.6 is 11.3 Å². The summed E-state index contributed by atoms with van der Waals surface area (Å²) in [5.41, 5.74) is 5.02. The maximum absolute atomic E-state index is 9.22. The van der Waals surface area contributed by atoms with E-state index in [1.165, 1.54) is 0 Å². The molecule has 0 saturated heterocycles. The summed E-state index contributed by atoms with van der Waals surface area (Å²) >= 11 is 0.931. The monoisotopic (exact) mass is 654 g/mol. The lowest BCUT2D eigenvalue weighted by Gasteiger charge is -2.10. The van der Waals surface area contributed by atoms with Gasteiger partial charge in [0.05, 0.1) is 15.1 Å². The summed E-state index contributed by atoms with van der Waals surface area (Å²) in [7, 11) is 0. The average molecular weight is 655 g/mol. The number of nitrogens with zero attached hydrogens (tertiary/aromatic N) is 3. The van der Waals surface area contributed by atoms with Crippen LogP contribution in [0.15, 0.2) is 176 Å². The van der Waals surface area contributed by atoms with Gasteiger partial charge in [0.1, 0.15) is 0 Å². The summed E-state index contributed by atoms with van der Waals surface area (Å²) in [4.78, 5) is 14.5. The zero-order chi connectivity index (χ0) is 42.1. The molecule has 0 N–H and O–H groups in total. The second-order valence-electron chi connectivity index (χ2n) is 11.2. The van der Waals surface area contributed by atoms with Gasteiger partial charge in [-0.3, -0.25) is 0 Å². The highest BCUT2D eigenvalue weighted by Gasteiger charge is 2.18. The highest BCUT2D eigenvalue weighted by atomic mass is 32.1. The summed E-state index contributed by atoms with van der Waals surface area (Å²) < 4.78 is 96.5. The number of thiophene rings is 1. The molecule has 230 valence electrons. The van der Waals surface area contributed by atoms with Crippen molar-refractivity contribution in [1.82, 2.24) is 15.0 Å². The third-order valence-corrected chi connectivity index (χ3v) is 9.45. The molecule has 0 amide bonds. The molecule has 0 atom stereocenters. The molecule has 9 rings (SSSR count). The van der Waals surface area contributed by atoms with Crippen molar-refractivity contribution in [3.8, 4) is 67.5 Å². The average Bonchev–Trinajstić information content (AvgIpc) is 3.68. The number of hydrogen-bond acceptors (Lipinski definition) is 4. The molecular weight excluding hydrogens is 615 g/mol. The van der Waals surface area contributed by atoms with Gasteiger partial charge in [0.2, 0.25) is 0 Å². The van der Waals surface area contributed by atoms with Crippen molar-refractivity contribution in [2.45, 2.75) is 0 Å². The SMILES string of the molecule is [2H]c1c([2H])c([2H])c(-c2c([2H])c([2H])c([2H])c3c2sc2c(-c4nc(-c5ccccc5)nc(-c5ccc(-c6ccc(-c7ccccc7)cc6)cc5)n4)c([2H])c([2H])c([2H])c23)c([2H])c1[2H]. The van der Waals surface area contributed by atoms with Crippen molar-refractivity contribution in [1.29, 1.82) is 0 Å². The highest BCUT2D eigenvalue weighted by Crippen LogP contribution is 2.43. The van der Waals surface area contributed by atoms with Crippen molar-refractivity contribution in [3.05, 3.63) is 176 Å². The maximum Gasteiger partial charge on any atom is 0.165 e. The Labute approximate surface area is 304 Å². The van der Waals surface area contributed by atoms with Crippen LogP contribution in [0.4, 0.5) is 0 Å². The van der Waals surface area contributed by atoms with E-state index in [9.17, 15) is 1.37 Å². The first-order valence-electron chi connectivity index (χ1n) is 21.0. The second kappa shape index (κ2) is 12.4. The summed E-state index contributed by atoms with van der Waals surface area (Å²) in [6, 6.07) is 29.3. The molecule has 0 bridgehead atoms. The van der Waals surface area contributed by atoms with Crippen molar-refractivity contribution in [2.24, 2.45) is 0 Å². The number of benzene rings is 7. The van der Waals surface area contributed by atoms with E-state index in [0.29, 0.717) is 11.1 Å². The predicted molar refractivity (Wildman–Crippen MR) is 205 cm³/mol. The molecule has 0 radical (unpaired) electrons. The lowest BCUT2D eigenvalue weighted by molar-refractivity contribution is 1.08. The largest absolute Gasteiger partial charge is 0.208 e. The predicted octanol–water partition coefficient (Wildman–Crippen LogP) is 12.2. The van der Waals surface area contributed by atoms with Crippen LogP contribution in [-0.4, -0.2) is 15.0 Å². The standard InChI is InChI=1S/C45H29N3S/c1-4-12-30(13-5-1)31-22-24-32(25-23-31)33-26-28-36(29-27-33)44-46-43(35-16-8-3-9-17-35)47-45(48-44)40-21-11-20-39-38-19-10-18-37(41(38)49-42(39)40)34-14-6-2-7-15-34/h1-29H/i2D,6D,7D,10D,11D,14D,15D,18D,19D,20D,21D. The minimum atomic E-state index is -0.634. The summed E-state index contributed by atoms with van der Waals surface area (Å²) in [6.45, 7) is 0. The van der Waals surface area contributed by atoms with Gasteiger partial charge in [-0.1, -0.05) is 170 Å². The maximum atomic E-state index is 9.22. The lowest BCUT2D eigenvalue weighted by Crippen LogP contribution is -2.00. The van der Waals surface area contributed by atoms with Gasteiger partial charge in [-0.05, 0) is 39.4 Å². The van der Waals surface area contributed by atoms with Gasteiger partial charge >= 0.3 is 0 Å². The fourth-order valence-corrected chi connectivity index (χ4v) is 7.00. The molecule has 0 fully saturated rings. The number of fused-ring (bicyclic) bond motifs is 3. The topological polar surface area (TPSA) is 38.7 Å². The zero-order valence-corrected chi connectivity index (χ0v) is 26.5. The summed E-state index contributed by atoms with van der Waals surface area (Å²) in [6.07, 6.45) is 0. The Morgan fingerprint density at radius 3 is 1.35 bits per heavy atom. The van der Waals surface area contributed by atoms with Gasteiger partial charge in [-0.25, -0.2) is 15.0 Å². The molecule has 0 unspecified atom stereocenters. The van der Waals surface area contributed by atoms with Crippen LogP contribution in [0.25, 0.3) is 87.7 Å². The molecule has 0 aliphatic heterocycles. The van der Waals surface area contributed by atoms with Gasteiger partial charge < -0.3 is 0 Å². The van der Waals surface area contributed by atoms with Crippen LogP contribution in [0.3, 0.4) is 0 Å². The molecule has 0 aliphatic carbocycles. The van der Waals surface area contributed by atoms with Crippen molar-refractivity contribution in [3.63, 3.8) is 0 Å². The van der Waals surface area contributed by atoms with Crippen molar-refractivity contribution >= 4 is 31.5 Å². The Hall–Kier alpha value is -6.23. The van der Waals surface area contributed by atoms with E-state index in [1.54, 1.807) is 0 Å². The van der Waals surface area contributed by atoms with E-state index >= 15 is 0 Å². The smallest absolute Gasteiger partial charge is 0.165 e. The van der Waals surface area contributed by atoms with Crippen molar-refractivity contribution < 1.29 is 15.1 Å². The molecule has 7 aromatic carbocycles.